The smallest absolute Gasteiger partial charge is 0.336 e. The number of benzene rings is 1. The highest BCUT2D eigenvalue weighted by Gasteiger charge is 2.22. The van der Waals surface area contributed by atoms with Gasteiger partial charge in [0.25, 0.3) is 0 Å². The van der Waals surface area contributed by atoms with Gasteiger partial charge in [-0.05, 0) is 44.1 Å². The Morgan fingerprint density at radius 1 is 1.20 bits per heavy atom. The number of carboxylic acids is 1. The predicted octanol–water partition coefficient (Wildman–Crippen LogP) is 3.27. The Morgan fingerprint density at radius 2 is 1.96 bits per heavy atom. The summed E-state index contributed by atoms with van der Waals surface area (Å²) in [5, 5.41) is 9.40. The molecule has 1 saturated heterocycles. The highest BCUT2D eigenvalue weighted by atomic mass is 16.5. The summed E-state index contributed by atoms with van der Waals surface area (Å²) < 4.78 is 5.15. The van der Waals surface area contributed by atoms with Crippen LogP contribution < -0.4 is 0 Å². The second-order valence-electron chi connectivity index (χ2n) is 6.41. The van der Waals surface area contributed by atoms with Gasteiger partial charge in [-0.2, -0.15) is 0 Å². The summed E-state index contributed by atoms with van der Waals surface area (Å²) in [5.41, 5.74) is 2.76. The van der Waals surface area contributed by atoms with Crippen LogP contribution in [0.2, 0.25) is 0 Å². The summed E-state index contributed by atoms with van der Waals surface area (Å²) >= 11 is 0. The SMILES string of the molecule is COCCN1CCC(c2cccc(-c3ccccc3C(=O)O)n2)CC1. The number of rotatable bonds is 6. The zero-order valence-electron chi connectivity index (χ0n) is 14.5. The van der Waals surface area contributed by atoms with E-state index in [4.69, 9.17) is 9.72 Å². The number of aromatic nitrogens is 1. The average Bonchev–Trinajstić information content (AvgIpc) is 2.67. The van der Waals surface area contributed by atoms with Crippen molar-refractivity contribution in [1.82, 2.24) is 9.88 Å². The van der Waals surface area contributed by atoms with Crippen molar-refractivity contribution in [1.29, 1.82) is 0 Å². The Labute approximate surface area is 148 Å². The van der Waals surface area contributed by atoms with E-state index in [-0.39, 0.29) is 0 Å². The third-order valence-corrected chi connectivity index (χ3v) is 4.82. The first-order valence-electron chi connectivity index (χ1n) is 8.70. The number of hydrogen-bond acceptors (Lipinski definition) is 4. The van der Waals surface area contributed by atoms with Crippen molar-refractivity contribution in [3.05, 3.63) is 53.7 Å². The third-order valence-electron chi connectivity index (χ3n) is 4.82. The number of piperidine rings is 1. The number of aromatic carboxylic acids is 1. The molecule has 5 heteroatoms. The van der Waals surface area contributed by atoms with Gasteiger partial charge in [-0.1, -0.05) is 24.3 Å². The van der Waals surface area contributed by atoms with Crippen molar-refractivity contribution in [2.75, 3.05) is 33.4 Å². The van der Waals surface area contributed by atoms with Gasteiger partial charge in [-0.25, -0.2) is 4.79 Å². The molecule has 1 aromatic heterocycles. The number of hydrogen-bond donors (Lipinski definition) is 1. The summed E-state index contributed by atoms with van der Waals surface area (Å²) in [6.45, 7) is 3.84. The standard InChI is InChI=1S/C20H24N2O3/c1-25-14-13-22-11-9-15(10-12-22)18-7-4-8-19(21-18)16-5-2-3-6-17(16)20(23)24/h2-8,15H,9-14H2,1H3,(H,23,24). The molecule has 3 rings (SSSR count). The molecular formula is C20H24N2O3. The molecule has 0 atom stereocenters. The first-order chi connectivity index (χ1) is 12.2. The quantitative estimate of drug-likeness (QED) is 0.874. The van der Waals surface area contributed by atoms with E-state index in [0.717, 1.165) is 50.5 Å². The van der Waals surface area contributed by atoms with Crippen molar-refractivity contribution in [2.24, 2.45) is 0 Å². The molecule has 0 saturated carbocycles. The Morgan fingerprint density at radius 3 is 2.68 bits per heavy atom. The number of carbonyl (C=O) groups is 1. The van der Waals surface area contributed by atoms with Crippen molar-refractivity contribution in [2.45, 2.75) is 18.8 Å². The van der Waals surface area contributed by atoms with Crippen LogP contribution in [0.1, 0.15) is 34.8 Å². The maximum atomic E-state index is 11.5. The van der Waals surface area contributed by atoms with Gasteiger partial charge in [0.2, 0.25) is 0 Å². The Balaban J connectivity index is 1.76. The number of carboxylic acid groups (broad SMARTS) is 1. The zero-order chi connectivity index (χ0) is 17.6. The van der Waals surface area contributed by atoms with E-state index in [1.54, 1.807) is 19.2 Å². The molecule has 1 aromatic carbocycles. The van der Waals surface area contributed by atoms with Gasteiger partial charge in [0.05, 0.1) is 17.9 Å². The molecule has 2 aromatic rings. The van der Waals surface area contributed by atoms with E-state index in [0.29, 0.717) is 17.0 Å². The number of methoxy groups -OCH3 is 1. The highest BCUT2D eigenvalue weighted by Crippen LogP contribution is 2.29. The zero-order valence-corrected chi connectivity index (χ0v) is 14.5. The van der Waals surface area contributed by atoms with Crippen LogP contribution in [0.25, 0.3) is 11.3 Å². The van der Waals surface area contributed by atoms with Gasteiger partial charge in [-0.15, -0.1) is 0 Å². The third kappa shape index (κ3) is 4.24. The lowest BCUT2D eigenvalue weighted by atomic mass is 9.92. The molecule has 5 nitrogen and oxygen atoms in total. The number of likely N-dealkylation sites (tertiary alicyclic amines) is 1. The maximum Gasteiger partial charge on any atom is 0.336 e. The lowest BCUT2D eigenvalue weighted by molar-refractivity contribution is 0.0697. The summed E-state index contributed by atoms with van der Waals surface area (Å²) in [4.78, 5) is 18.7. The van der Waals surface area contributed by atoms with Crippen molar-refractivity contribution >= 4 is 5.97 Å². The molecule has 1 fully saturated rings. The van der Waals surface area contributed by atoms with Crippen LogP contribution in [0.3, 0.4) is 0 Å². The highest BCUT2D eigenvalue weighted by molar-refractivity contribution is 5.95. The molecule has 25 heavy (non-hydrogen) atoms. The molecule has 0 radical (unpaired) electrons. The van der Waals surface area contributed by atoms with Crippen LogP contribution in [0, 0.1) is 0 Å². The number of ether oxygens (including phenoxy) is 1. The molecular weight excluding hydrogens is 316 g/mol. The van der Waals surface area contributed by atoms with Crippen molar-refractivity contribution < 1.29 is 14.6 Å². The average molecular weight is 340 g/mol. The Bertz CT molecular complexity index is 724. The summed E-state index contributed by atoms with van der Waals surface area (Å²) in [7, 11) is 1.73. The van der Waals surface area contributed by atoms with Crippen LogP contribution in [0.4, 0.5) is 0 Å². The summed E-state index contributed by atoms with van der Waals surface area (Å²) in [5.74, 6) is -0.495. The fourth-order valence-electron chi connectivity index (χ4n) is 3.39. The summed E-state index contributed by atoms with van der Waals surface area (Å²) in [6, 6.07) is 13.0. The largest absolute Gasteiger partial charge is 0.478 e. The topological polar surface area (TPSA) is 62.7 Å². The lowest BCUT2D eigenvalue weighted by Crippen LogP contribution is -2.35. The minimum Gasteiger partial charge on any atom is -0.478 e. The van der Waals surface area contributed by atoms with Crippen LogP contribution >= 0.6 is 0 Å². The van der Waals surface area contributed by atoms with Gasteiger partial charge < -0.3 is 14.7 Å². The molecule has 0 unspecified atom stereocenters. The minimum absolute atomic E-state index is 0.293. The Hall–Kier alpha value is -2.24. The van der Waals surface area contributed by atoms with Gasteiger partial charge >= 0.3 is 5.97 Å². The van der Waals surface area contributed by atoms with E-state index in [9.17, 15) is 9.90 Å². The second kappa shape index (κ2) is 8.23. The fourth-order valence-corrected chi connectivity index (χ4v) is 3.39. The monoisotopic (exact) mass is 340 g/mol. The molecule has 132 valence electrons. The first kappa shape index (κ1) is 17.6. The Kier molecular flexibility index (Phi) is 5.79. The van der Waals surface area contributed by atoms with Gasteiger partial charge in [-0.3, -0.25) is 4.98 Å². The van der Waals surface area contributed by atoms with Crippen LogP contribution in [-0.2, 0) is 4.74 Å². The molecule has 1 N–H and O–H groups in total. The van der Waals surface area contributed by atoms with Crippen LogP contribution in [0.15, 0.2) is 42.5 Å². The molecule has 1 aliphatic rings. The van der Waals surface area contributed by atoms with E-state index < -0.39 is 5.97 Å². The second-order valence-corrected chi connectivity index (χ2v) is 6.41. The van der Waals surface area contributed by atoms with E-state index in [1.807, 2.05) is 24.3 Å². The van der Waals surface area contributed by atoms with E-state index in [1.165, 1.54) is 0 Å². The number of nitrogens with zero attached hydrogens (tertiary/aromatic N) is 2. The molecule has 0 spiro atoms. The van der Waals surface area contributed by atoms with E-state index >= 15 is 0 Å². The van der Waals surface area contributed by atoms with Crippen molar-refractivity contribution in [3.8, 4) is 11.3 Å². The number of pyridine rings is 1. The molecule has 0 amide bonds. The van der Waals surface area contributed by atoms with E-state index in [2.05, 4.69) is 11.0 Å². The normalized spacial score (nSPS) is 16.0. The van der Waals surface area contributed by atoms with Crippen LogP contribution in [-0.4, -0.2) is 54.3 Å². The van der Waals surface area contributed by atoms with Crippen molar-refractivity contribution in [3.63, 3.8) is 0 Å². The van der Waals surface area contributed by atoms with Gasteiger partial charge in [0.1, 0.15) is 0 Å². The first-order valence-corrected chi connectivity index (χ1v) is 8.70. The molecule has 2 heterocycles. The lowest BCUT2D eigenvalue weighted by Gasteiger charge is -2.31. The minimum atomic E-state index is -0.922. The molecule has 1 aliphatic heterocycles. The van der Waals surface area contributed by atoms with Gasteiger partial charge in [0, 0.05) is 30.8 Å². The maximum absolute atomic E-state index is 11.5. The summed E-state index contributed by atoms with van der Waals surface area (Å²) in [6.07, 6.45) is 2.14. The molecule has 0 bridgehead atoms. The van der Waals surface area contributed by atoms with Crippen LogP contribution in [0.5, 0.6) is 0 Å². The molecule has 0 aliphatic carbocycles. The fraction of sp³-hybridized carbons (Fsp3) is 0.400. The predicted molar refractivity (Wildman–Crippen MR) is 96.9 cm³/mol. The van der Waals surface area contributed by atoms with Gasteiger partial charge in [0.15, 0.2) is 0 Å².